The molecule has 19 heavy (non-hydrogen) atoms. The van der Waals surface area contributed by atoms with E-state index in [2.05, 4.69) is 5.32 Å². The summed E-state index contributed by atoms with van der Waals surface area (Å²) in [5, 5.41) is 12.2. The molecule has 1 rings (SSSR count). The van der Waals surface area contributed by atoms with Crippen molar-refractivity contribution in [2.24, 2.45) is 5.41 Å². The van der Waals surface area contributed by atoms with E-state index in [0.717, 1.165) is 0 Å². The van der Waals surface area contributed by atoms with Crippen LogP contribution in [0.2, 0.25) is 5.02 Å². The topological polar surface area (TPSA) is 66.4 Å². The molecule has 0 radical (unpaired) electrons. The summed E-state index contributed by atoms with van der Waals surface area (Å²) in [4.78, 5) is 22.7. The smallest absolute Gasteiger partial charge is 0.303 e. The van der Waals surface area contributed by atoms with Crippen molar-refractivity contribution in [1.29, 1.82) is 0 Å². The fourth-order valence-corrected chi connectivity index (χ4v) is 1.93. The van der Waals surface area contributed by atoms with Crippen molar-refractivity contribution in [2.75, 3.05) is 5.32 Å². The van der Waals surface area contributed by atoms with E-state index < -0.39 is 11.4 Å². The molecule has 1 unspecified atom stereocenters. The summed E-state index contributed by atoms with van der Waals surface area (Å²) in [6.07, 6.45) is 0.795. The minimum Gasteiger partial charge on any atom is -0.481 e. The molecule has 4 nitrogen and oxygen atoms in total. The van der Waals surface area contributed by atoms with Gasteiger partial charge in [0.25, 0.3) is 0 Å². The van der Waals surface area contributed by atoms with E-state index in [1.165, 1.54) is 0 Å². The fraction of sp³-hybridized carbons (Fsp3) is 0.429. The van der Waals surface area contributed by atoms with Gasteiger partial charge in [0, 0.05) is 17.1 Å². The minimum absolute atomic E-state index is 0.0163. The lowest BCUT2D eigenvalue weighted by Crippen LogP contribution is -2.27. The monoisotopic (exact) mass is 283 g/mol. The second-order valence-electron chi connectivity index (χ2n) is 4.97. The first-order valence-corrected chi connectivity index (χ1v) is 6.50. The fourth-order valence-electron chi connectivity index (χ4n) is 1.80. The molecule has 5 heteroatoms. The Morgan fingerprint density at radius 2 is 1.84 bits per heavy atom. The molecular formula is C14H18ClNO3. The predicted molar refractivity (Wildman–Crippen MR) is 75.3 cm³/mol. The summed E-state index contributed by atoms with van der Waals surface area (Å²) in [6, 6.07) is 6.79. The second kappa shape index (κ2) is 6.57. The molecule has 104 valence electrons. The van der Waals surface area contributed by atoms with Crippen LogP contribution in [-0.2, 0) is 9.59 Å². The number of carboxylic acid groups (broad SMARTS) is 1. The first-order valence-electron chi connectivity index (χ1n) is 6.12. The third-order valence-corrected chi connectivity index (χ3v) is 3.40. The van der Waals surface area contributed by atoms with Crippen molar-refractivity contribution in [3.05, 3.63) is 29.3 Å². The number of anilines is 1. The van der Waals surface area contributed by atoms with Gasteiger partial charge in [0.15, 0.2) is 0 Å². The molecule has 0 aliphatic rings. The second-order valence-corrected chi connectivity index (χ2v) is 5.40. The van der Waals surface area contributed by atoms with Crippen LogP contribution in [0.25, 0.3) is 0 Å². The van der Waals surface area contributed by atoms with Gasteiger partial charge in [0.2, 0.25) is 5.91 Å². The molecular weight excluding hydrogens is 266 g/mol. The van der Waals surface area contributed by atoms with Crippen LogP contribution in [0.3, 0.4) is 0 Å². The number of carbonyl (C=O) groups is 2. The largest absolute Gasteiger partial charge is 0.481 e. The van der Waals surface area contributed by atoms with E-state index in [4.69, 9.17) is 16.7 Å². The highest BCUT2D eigenvalue weighted by molar-refractivity contribution is 6.30. The van der Waals surface area contributed by atoms with Crippen LogP contribution in [0, 0.1) is 5.41 Å². The quantitative estimate of drug-likeness (QED) is 0.839. The van der Waals surface area contributed by atoms with E-state index in [-0.39, 0.29) is 18.7 Å². The number of nitrogens with one attached hydrogen (secondary N) is 1. The molecule has 1 atom stereocenters. The van der Waals surface area contributed by atoms with Crippen LogP contribution >= 0.6 is 11.6 Å². The van der Waals surface area contributed by atoms with Crippen LogP contribution in [0.1, 0.15) is 33.1 Å². The van der Waals surface area contributed by atoms with Crippen molar-refractivity contribution in [1.82, 2.24) is 0 Å². The highest BCUT2D eigenvalue weighted by atomic mass is 35.5. The van der Waals surface area contributed by atoms with Crippen LogP contribution in [-0.4, -0.2) is 17.0 Å². The first-order chi connectivity index (χ1) is 8.84. The molecule has 0 saturated heterocycles. The lowest BCUT2D eigenvalue weighted by atomic mass is 9.80. The van der Waals surface area contributed by atoms with Crippen LogP contribution in [0.5, 0.6) is 0 Å². The van der Waals surface area contributed by atoms with Gasteiger partial charge in [-0.1, -0.05) is 25.4 Å². The Hall–Kier alpha value is -1.55. The number of hydrogen-bond donors (Lipinski definition) is 2. The molecule has 1 amide bonds. The van der Waals surface area contributed by atoms with Gasteiger partial charge in [0.1, 0.15) is 0 Å². The number of rotatable bonds is 6. The van der Waals surface area contributed by atoms with Crippen molar-refractivity contribution < 1.29 is 14.7 Å². The van der Waals surface area contributed by atoms with Crippen molar-refractivity contribution >= 4 is 29.2 Å². The molecule has 0 fully saturated rings. The Bertz CT molecular complexity index is 458. The summed E-state index contributed by atoms with van der Waals surface area (Å²) in [5.74, 6) is -1.07. The average Bonchev–Trinajstić information content (AvgIpc) is 2.31. The third-order valence-electron chi connectivity index (χ3n) is 3.15. The van der Waals surface area contributed by atoms with E-state index in [1.54, 1.807) is 24.3 Å². The Labute approximate surface area is 117 Å². The lowest BCUT2D eigenvalue weighted by molar-refractivity contribution is -0.140. The van der Waals surface area contributed by atoms with Gasteiger partial charge in [-0.25, -0.2) is 0 Å². The van der Waals surface area contributed by atoms with Gasteiger partial charge in [0.05, 0.1) is 6.42 Å². The molecule has 1 aromatic rings. The molecule has 1 aromatic carbocycles. The molecule has 0 aromatic heterocycles. The van der Waals surface area contributed by atoms with Gasteiger partial charge in [-0.3, -0.25) is 9.59 Å². The molecule has 0 heterocycles. The van der Waals surface area contributed by atoms with E-state index in [9.17, 15) is 9.59 Å². The van der Waals surface area contributed by atoms with E-state index in [1.807, 2.05) is 13.8 Å². The number of benzene rings is 1. The summed E-state index contributed by atoms with van der Waals surface area (Å²) in [6.45, 7) is 3.70. The third kappa shape index (κ3) is 5.30. The van der Waals surface area contributed by atoms with E-state index >= 15 is 0 Å². The van der Waals surface area contributed by atoms with Crippen LogP contribution < -0.4 is 5.32 Å². The SMILES string of the molecule is CCC(C)(CC(=O)O)CC(=O)Nc1ccc(Cl)cc1. The van der Waals surface area contributed by atoms with Gasteiger partial charge < -0.3 is 10.4 Å². The molecule has 0 saturated carbocycles. The van der Waals surface area contributed by atoms with Crippen molar-refractivity contribution in [3.63, 3.8) is 0 Å². The normalized spacial score (nSPS) is 13.6. The molecule has 0 spiro atoms. The van der Waals surface area contributed by atoms with Gasteiger partial charge in [-0.15, -0.1) is 0 Å². The van der Waals surface area contributed by atoms with Crippen molar-refractivity contribution in [3.8, 4) is 0 Å². The zero-order valence-electron chi connectivity index (χ0n) is 11.1. The standard InChI is InChI=1S/C14H18ClNO3/c1-3-14(2,9-13(18)19)8-12(17)16-11-6-4-10(15)5-7-11/h4-7H,3,8-9H2,1-2H3,(H,16,17)(H,18,19). The number of carboxylic acids is 1. The maximum absolute atomic E-state index is 11.9. The summed E-state index contributed by atoms with van der Waals surface area (Å²) in [5.41, 5.74) is 0.130. The van der Waals surface area contributed by atoms with Gasteiger partial charge in [-0.05, 0) is 36.1 Å². The molecule has 0 bridgehead atoms. The first kappa shape index (κ1) is 15.5. The molecule has 2 N–H and O–H groups in total. The number of amides is 1. The maximum Gasteiger partial charge on any atom is 0.303 e. The number of aliphatic carboxylic acids is 1. The van der Waals surface area contributed by atoms with Crippen LogP contribution in [0.15, 0.2) is 24.3 Å². The zero-order chi connectivity index (χ0) is 14.5. The predicted octanol–water partition coefficient (Wildman–Crippen LogP) is 3.56. The number of carbonyl (C=O) groups excluding carboxylic acids is 1. The maximum atomic E-state index is 11.9. The lowest BCUT2D eigenvalue weighted by Gasteiger charge is -2.25. The highest BCUT2D eigenvalue weighted by Gasteiger charge is 2.28. The summed E-state index contributed by atoms with van der Waals surface area (Å²) >= 11 is 5.76. The Kier molecular flexibility index (Phi) is 5.36. The summed E-state index contributed by atoms with van der Waals surface area (Å²) in [7, 11) is 0. The van der Waals surface area contributed by atoms with Gasteiger partial charge >= 0.3 is 5.97 Å². The highest BCUT2D eigenvalue weighted by Crippen LogP contribution is 2.30. The summed E-state index contributed by atoms with van der Waals surface area (Å²) < 4.78 is 0. The van der Waals surface area contributed by atoms with Gasteiger partial charge in [-0.2, -0.15) is 0 Å². The Morgan fingerprint density at radius 3 is 2.32 bits per heavy atom. The van der Waals surface area contributed by atoms with Crippen LogP contribution in [0.4, 0.5) is 5.69 Å². The van der Waals surface area contributed by atoms with E-state index in [0.29, 0.717) is 17.1 Å². The number of halogens is 1. The number of hydrogen-bond acceptors (Lipinski definition) is 2. The molecule has 0 aliphatic carbocycles. The average molecular weight is 284 g/mol. The zero-order valence-corrected chi connectivity index (χ0v) is 11.8. The Balaban J connectivity index is 2.63. The minimum atomic E-state index is -0.886. The van der Waals surface area contributed by atoms with Crippen molar-refractivity contribution in [2.45, 2.75) is 33.1 Å². The molecule has 0 aliphatic heterocycles. The Morgan fingerprint density at radius 1 is 1.26 bits per heavy atom.